The molecule has 0 aliphatic carbocycles. The van der Waals surface area contributed by atoms with Crippen molar-refractivity contribution in [2.45, 2.75) is 6.92 Å². The smallest absolute Gasteiger partial charge is 0.264 e. The van der Waals surface area contributed by atoms with Crippen molar-refractivity contribution < 1.29 is 0 Å². The molecule has 0 saturated carbocycles. The Morgan fingerprint density at radius 2 is 1.89 bits per heavy atom. The fourth-order valence-corrected chi connectivity index (χ4v) is 1.88. The first-order valence-corrected chi connectivity index (χ1v) is 5.63. The first-order valence-electron chi connectivity index (χ1n) is 5.63. The number of aryl methyl sites for hydroxylation is 2. The largest absolute Gasteiger partial charge is 0.302 e. The monoisotopic (exact) mass is 240 g/mol. The van der Waals surface area contributed by atoms with E-state index in [-0.39, 0.29) is 5.56 Å². The van der Waals surface area contributed by atoms with Gasteiger partial charge in [0.2, 0.25) is 0 Å². The molecule has 1 aromatic carbocycles. The highest BCUT2D eigenvalue weighted by Gasteiger charge is 2.09. The van der Waals surface area contributed by atoms with Crippen LogP contribution in [0.25, 0.3) is 16.7 Å². The van der Waals surface area contributed by atoms with E-state index in [9.17, 15) is 4.79 Å². The van der Waals surface area contributed by atoms with Crippen molar-refractivity contribution >= 4 is 11.0 Å². The van der Waals surface area contributed by atoms with Crippen LogP contribution >= 0.6 is 0 Å². The van der Waals surface area contributed by atoms with Gasteiger partial charge < -0.3 is 4.57 Å². The lowest BCUT2D eigenvalue weighted by Gasteiger charge is -2.03. The summed E-state index contributed by atoms with van der Waals surface area (Å²) in [7, 11) is 1.68. The number of hydrogen-bond donors (Lipinski definition) is 0. The first-order chi connectivity index (χ1) is 8.66. The van der Waals surface area contributed by atoms with Crippen molar-refractivity contribution in [2.24, 2.45) is 7.05 Å². The number of benzene rings is 1. The van der Waals surface area contributed by atoms with Crippen molar-refractivity contribution in [1.82, 2.24) is 19.3 Å². The Morgan fingerprint density at radius 1 is 1.17 bits per heavy atom. The molecule has 0 aliphatic rings. The lowest BCUT2D eigenvalue weighted by Crippen LogP contribution is -2.16. The highest BCUT2D eigenvalue weighted by atomic mass is 16.1. The molecule has 0 spiro atoms. The molecule has 3 rings (SSSR count). The zero-order valence-electron chi connectivity index (χ0n) is 10.2. The molecule has 0 aliphatic heterocycles. The van der Waals surface area contributed by atoms with E-state index in [1.807, 2.05) is 31.2 Å². The minimum atomic E-state index is -0.0849. The Labute approximate surface area is 103 Å². The van der Waals surface area contributed by atoms with Gasteiger partial charge in [-0.05, 0) is 19.1 Å². The van der Waals surface area contributed by atoms with E-state index in [1.165, 1.54) is 16.5 Å². The molecule has 0 unspecified atom stereocenters. The van der Waals surface area contributed by atoms with Gasteiger partial charge in [-0.15, -0.1) is 0 Å². The lowest BCUT2D eigenvalue weighted by atomic mass is 10.2. The first kappa shape index (κ1) is 10.7. The third-order valence-corrected chi connectivity index (χ3v) is 2.93. The van der Waals surface area contributed by atoms with Crippen LogP contribution in [-0.4, -0.2) is 19.3 Å². The Bertz CT molecular complexity index is 768. The molecule has 0 N–H and O–H groups in total. The van der Waals surface area contributed by atoms with Gasteiger partial charge in [-0.3, -0.25) is 4.79 Å². The highest BCUT2D eigenvalue weighted by Crippen LogP contribution is 2.13. The second kappa shape index (κ2) is 3.80. The quantitative estimate of drug-likeness (QED) is 0.646. The van der Waals surface area contributed by atoms with Crippen molar-refractivity contribution in [1.29, 1.82) is 0 Å². The van der Waals surface area contributed by atoms with E-state index in [4.69, 9.17) is 0 Å². The summed E-state index contributed by atoms with van der Waals surface area (Å²) < 4.78 is 3.12. The standard InChI is InChI=1S/C13H12N4O/c1-9-3-5-10(6-4-9)17-12-11(7-15-17)13(18)16(2)8-14-12/h3-8H,1-2H3. The van der Waals surface area contributed by atoms with Gasteiger partial charge in [0.25, 0.3) is 5.56 Å². The van der Waals surface area contributed by atoms with E-state index >= 15 is 0 Å². The normalized spacial score (nSPS) is 11.0. The van der Waals surface area contributed by atoms with Crippen molar-refractivity contribution in [2.75, 3.05) is 0 Å². The molecular weight excluding hydrogens is 228 g/mol. The molecule has 2 aromatic heterocycles. The number of fused-ring (bicyclic) bond motifs is 1. The van der Waals surface area contributed by atoms with Crippen LogP contribution in [0.4, 0.5) is 0 Å². The SMILES string of the molecule is Cc1ccc(-n2ncc3c(=O)n(C)cnc32)cc1. The van der Waals surface area contributed by atoms with E-state index in [2.05, 4.69) is 10.1 Å². The molecule has 18 heavy (non-hydrogen) atoms. The van der Waals surface area contributed by atoms with Gasteiger partial charge in [-0.25, -0.2) is 9.67 Å². The zero-order chi connectivity index (χ0) is 12.7. The fraction of sp³-hybridized carbons (Fsp3) is 0.154. The topological polar surface area (TPSA) is 52.7 Å². The summed E-state index contributed by atoms with van der Waals surface area (Å²) in [5.74, 6) is 0. The maximum absolute atomic E-state index is 11.9. The molecule has 0 fully saturated rings. The Morgan fingerprint density at radius 3 is 2.61 bits per heavy atom. The number of rotatable bonds is 1. The van der Waals surface area contributed by atoms with Crippen LogP contribution in [0.15, 0.2) is 41.6 Å². The summed E-state index contributed by atoms with van der Waals surface area (Å²) in [5, 5.41) is 4.77. The van der Waals surface area contributed by atoms with Gasteiger partial charge in [0, 0.05) is 7.05 Å². The molecule has 2 heterocycles. The third-order valence-electron chi connectivity index (χ3n) is 2.93. The summed E-state index contributed by atoms with van der Waals surface area (Å²) in [6, 6.07) is 7.93. The molecule has 5 heteroatoms. The van der Waals surface area contributed by atoms with Gasteiger partial charge in [0.15, 0.2) is 5.65 Å². The van der Waals surface area contributed by atoms with Crippen LogP contribution in [0.3, 0.4) is 0 Å². The summed E-state index contributed by atoms with van der Waals surface area (Å²) in [5.41, 5.74) is 2.58. The Hall–Kier alpha value is -2.43. The lowest BCUT2D eigenvalue weighted by molar-refractivity contribution is 0.831. The Balaban J connectivity index is 2.28. The zero-order valence-corrected chi connectivity index (χ0v) is 10.2. The number of hydrogen-bond acceptors (Lipinski definition) is 3. The summed E-state index contributed by atoms with van der Waals surface area (Å²) in [4.78, 5) is 16.2. The second-order valence-corrected chi connectivity index (χ2v) is 4.29. The van der Waals surface area contributed by atoms with Gasteiger partial charge in [-0.1, -0.05) is 17.7 Å². The molecule has 5 nitrogen and oxygen atoms in total. The molecule has 0 saturated heterocycles. The molecule has 3 aromatic rings. The van der Waals surface area contributed by atoms with E-state index in [0.717, 1.165) is 5.69 Å². The Kier molecular flexibility index (Phi) is 2.26. The maximum Gasteiger partial charge on any atom is 0.264 e. The van der Waals surface area contributed by atoms with Crippen LogP contribution in [0.5, 0.6) is 0 Å². The molecule has 0 atom stereocenters. The fourth-order valence-electron chi connectivity index (χ4n) is 1.88. The molecule has 0 bridgehead atoms. The van der Waals surface area contributed by atoms with E-state index in [1.54, 1.807) is 17.9 Å². The third kappa shape index (κ3) is 1.52. The molecule has 0 amide bonds. The van der Waals surface area contributed by atoms with Crippen LogP contribution < -0.4 is 5.56 Å². The average molecular weight is 240 g/mol. The minimum Gasteiger partial charge on any atom is -0.302 e. The van der Waals surface area contributed by atoms with Crippen LogP contribution in [0.1, 0.15) is 5.56 Å². The predicted octanol–water partition coefficient (Wildman–Crippen LogP) is 1.43. The number of nitrogens with zero attached hydrogens (tertiary/aromatic N) is 4. The maximum atomic E-state index is 11.9. The summed E-state index contributed by atoms with van der Waals surface area (Å²) in [6.07, 6.45) is 3.07. The van der Waals surface area contributed by atoms with Crippen LogP contribution in [0.2, 0.25) is 0 Å². The van der Waals surface area contributed by atoms with Gasteiger partial charge in [0.05, 0.1) is 18.2 Å². The molecule has 90 valence electrons. The van der Waals surface area contributed by atoms with E-state index in [0.29, 0.717) is 11.0 Å². The highest BCUT2D eigenvalue weighted by molar-refractivity contribution is 5.74. The second-order valence-electron chi connectivity index (χ2n) is 4.29. The van der Waals surface area contributed by atoms with Crippen LogP contribution in [-0.2, 0) is 7.05 Å². The van der Waals surface area contributed by atoms with Crippen LogP contribution in [0, 0.1) is 6.92 Å². The molecular formula is C13H12N4O. The average Bonchev–Trinajstić information content (AvgIpc) is 2.79. The molecule has 0 radical (unpaired) electrons. The predicted molar refractivity (Wildman–Crippen MR) is 68.8 cm³/mol. The van der Waals surface area contributed by atoms with Crippen molar-refractivity contribution in [3.05, 3.63) is 52.7 Å². The van der Waals surface area contributed by atoms with Crippen molar-refractivity contribution in [3.63, 3.8) is 0 Å². The van der Waals surface area contributed by atoms with Crippen molar-refractivity contribution in [3.8, 4) is 5.69 Å². The summed E-state index contributed by atoms with van der Waals surface area (Å²) in [6.45, 7) is 2.03. The van der Waals surface area contributed by atoms with E-state index < -0.39 is 0 Å². The van der Waals surface area contributed by atoms with Gasteiger partial charge >= 0.3 is 0 Å². The summed E-state index contributed by atoms with van der Waals surface area (Å²) >= 11 is 0. The minimum absolute atomic E-state index is 0.0849. The van der Waals surface area contributed by atoms with Gasteiger partial charge in [-0.2, -0.15) is 5.10 Å². The van der Waals surface area contributed by atoms with Gasteiger partial charge in [0.1, 0.15) is 5.39 Å². The number of aromatic nitrogens is 4.